The van der Waals surface area contributed by atoms with Gasteiger partial charge in [0, 0.05) is 43.0 Å². The Hall–Kier alpha value is -3.94. The average molecular weight is 625 g/mol. The predicted octanol–water partition coefficient (Wildman–Crippen LogP) is 5.88. The summed E-state index contributed by atoms with van der Waals surface area (Å²) in [5.74, 6) is 1.94. The molecular formula is C36H35F3N6O. The number of rotatable bonds is 4. The zero-order valence-electron chi connectivity index (χ0n) is 25.8. The molecule has 2 bridgehead atoms. The molecule has 0 radical (unpaired) electrons. The van der Waals surface area contributed by atoms with Crippen LogP contribution < -0.4 is 15.0 Å². The van der Waals surface area contributed by atoms with Gasteiger partial charge >= 0.3 is 6.01 Å². The third-order valence-electron chi connectivity index (χ3n) is 11.5. The molecule has 4 aromatic rings. The van der Waals surface area contributed by atoms with Crippen molar-refractivity contribution in [1.82, 2.24) is 25.2 Å². The average Bonchev–Trinajstić information content (AvgIpc) is 3.81. The summed E-state index contributed by atoms with van der Waals surface area (Å²) in [6.07, 6.45) is 9.93. The van der Waals surface area contributed by atoms with E-state index < -0.39 is 23.3 Å². The third-order valence-corrected chi connectivity index (χ3v) is 11.5. The van der Waals surface area contributed by atoms with Crippen LogP contribution in [-0.2, 0) is 0 Å². The summed E-state index contributed by atoms with van der Waals surface area (Å²) in [5, 5.41) is 5.39. The van der Waals surface area contributed by atoms with E-state index in [1.165, 1.54) is 6.07 Å². The number of anilines is 1. The van der Waals surface area contributed by atoms with E-state index in [1.54, 1.807) is 18.2 Å². The van der Waals surface area contributed by atoms with E-state index in [9.17, 15) is 8.78 Å². The largest absolute Gasteiger partial charge is 0.461 e. The molecule has 2 aromatic carbocycles. The van der Waals surface area contributed by atoms with Gasteiger partial charge in [0.2, 0.25) is 0 Å². The van der Waals surface area contributed by atoms with Crippen LogP contribution in [0.5, 0.6) is 6.01 Å². The molecule has 7 heterocycles. The second-order valence-electron chi connectivity index (χ2n) is 14.1. The van der Waals surface area contributed by atoms with Crippen LogP contribution in [0.1, 0.15) is 62.6 Å². The Morgan fingerprint density at radius 1 is 1.09 bits per heavy atom. The molecule has 9 rings (SSSR count). The van der Waals surface area contributed by atoms with E-state index in [1.807, 2.05) is 6.07 Å². The smallest absolute Gasteiger partial charge is 0.319 e. The Bertz CT molecular complexity index is 1980. The van der Waals surface area contributed by atoms with Gasteiger partial charge in [-0.1, -0.05) is 37.1 Å². The molecule has 46 heavy (non-hydrogen) atoms. The van der Waals surface area contributed by atoms with Crippen molar-refractivity contribution in [2.45, 2.75) is 74.7 Å². The molecule has 0 aliphatic carbocycles. The summed E-state index contributed by atoms with van der Waals surface area (Å²) < 4.78 is 53.1. The highest BCUT2D eigenvalue weighted by Crippen LogP contribution is 2.49. The number of hydrogen-bond donors (Lipinski definition) is 1. The maximum atomic E-state index is 17.2. The first kappa shape index (κ1) is 28.3. The fraction of sp³-hybridized carbons (Fsp3) is 0.472. The molecule has 4 saturated heterocycles. The summed E-state index contributed by atoms with van der Waals surface area (Å²) in [6, 6.07) is 8.76. The number of halogens is 3. The van der Waals surface area contributed by atoms with Crippen molar-refractivity contribution >= 4 is 27.5 Å². The molecule has 2 aromatic heterocycles. The van der Waals surface area contributed by atoms with Crippen molar-refractivity contribution in [3.8, 4) is 29.6 Å². The normalized spacial score (nSPS) is 30.0. The summed E-state index contributed by atoms with van der Waals surface area (Å²) in [6.45, 7) is 5.20. The van der Waals surface area contributed by atoms with Crippen LogP contribution in [-0.4, -0.2) is 75.9 Å². The highest BCUT2D eigenvalue weighted by Gasteiger charge is 2.53. The first-order valence-electron chi connectivity index (χ1n) is 16.4. The van der Waals surface area contributed by atoms with Crippen molar-refractivity contribution in [2.75, 3.05) is 37.7 Å². The van der Waals surface area contributed by atoms with E-state index >= 15 is 4.39 Å². The Balaban J connectivity index is 1.27. The summed E-state index contributed by atoms with van der Waals surface area (Å²) in [7, 11) is 0. The van der Waals surface area contributed by atoms with Gasteiger partial charge in [-0.3, -0.25) is 4.90 Å². The highest BCUT2D eigenvalue weighted by atomic mass is 19.1. The molecule has 0 amide bonds. The molecule has 1 spiro atoms. The van der Waals surface area contributed by atoms with E-state index in [2.05, 4.69) is 28.0 Å². The molecule has 5 atom stereocenters. The minimum Gasteiger partial charge on any atom is -0.461 e. The third kappa shape index (κ3) is 3.97. The summed E-state index contributed by atoms with van der Waals surface area (Å²) in [5.41, 5.74) is 0.877. The fourth-order valence-electron chi connectivity index (χ4n) is 9.24. The summed E-state index contributed by atoms with van der Waals surface area (Å²) >= 11 is 0. The van der Waals surface area contributed by atoms with Crippen LogP contribution in [0.2, 0.25) is 0 Å². The number of benzene rings is 2. The number of ether oxygens (including phenoxy) is 1. The van der Waals surface area contributed by atoms with Gasteiger partial charge in [-0.2, -0.15) is 9.97 Å². The molecule has 5 aliphatic rings. The van der Waals surface area contributed by atoms with Gasteiger partial charge in [-0.25, -0.2) is 18.2 Å². The van der Waals surface area contributed by atoms with Crippen LogP contribution in [0.3, 0.4) is 0 Å². The number of pyridine rings is 1. The Morgan fingerprint density at radius 2 is 1.98 bits per heavy atom. The van der Waals surface area contributed by atoms with Gasteiger partial charge in [0.15, 0.2) is 5.82 Å². The van der Waals surface area contributed by atoms with Crippen molar-refractivity contribution in [3.05, 3.63) is 53.2 Å². The molecule has 4 fully saturated rings. The first-order chi connectivity index (χ1) is 22.3. The summed E-state index contributed by atoms with van der Waals surface area (Å²) in [4.78, 5) is 19.3. The lowest BCUT2D eigenvalue weighted by Crippen LogP contribution is -2.54. The zero-order chi connectivity index (χ0) is 31.4. The number of alkyl halides is 1. The zero-order valence-corrected chi connectivity index (χ0v) is 25.8. The van der Waals surface area contributed by atoms with E-state index in [-0.39, 0.29) is 40.8 Å². The van der Waals surface area contributed by atoms with Crippen molar-refractivity contribution in [2.24, 2.45) is 0 Å². The van der Waals surface area contributed by atoms with Crippen molar-refractivity contribution < 1.29 is 17.9 Å². The molecule has 7 nitrogen and oxygen atoms in total. The van der Waals surface area contributed by atoms with Gasteiger partial charge < -0.3 is 15.0 Å². The first-order valence-corrected chi connectivity index (χ1v) is 16.4. The number of terminal acetylenes is 1. The monoisotopic (exact) mass is 624 g/mol. The maximum absolute atomic E-state index is 17.2. The van der Waals surface area contributed by atoms with Crippen LogP contribution in [0.15, 0.2) is 30.3 Å². The molecule has 5 aliphatic heterocycles. The van der Waals surface area contributed by atoms with Crippen LogP contribution >= 0.6 is 0 Å². The van der Waals surface area contributed by atoms with Crippen LogP contribution in [0, 0.1) is 24.0 Å². The minimum atomic E-state index is -0.893. The van der Waals surface area contributed by atoms with Gasteiger partial charge in [-0.15, -0.1) is 6.42 Å². The van der Waals surface area contributed by atoms with Crippen molar-refractivity contribution in [3.63, 3.8) is 0 Å². The van der Waals surface area contributed by atoms with Gasteiger partial charge in [0.05, 0.1) is 27.7 Å². The minimum absolute atomic E-state index is 0.0168. The highest BCUT2D eigenvalue weighted by molar-refractivity contribution is 6.03. The number of piperazine rings is 1. The van der Waals surface area contributed by atoms with E-state index in [4.69, 9.17) is 26.1 Å². The lowest BCUT2D eigenvalue weighted by molar-refractivity contribution is 0.107. The number of aromatic nitrogens is 3. The molecule has 0 saturated carbocycles. The van der Waals surface area contributed by atoms with Gasteiger partial charge in [0.1, 0.15) is 35.6 Å². The SMILES string of the molecule is C#Cc1c(F)ccc2cccc(-c3nc4c5c(nc(OC[C@@]67CCCN6C[C@H](F)C7)nc5c3F)N3C[C@H]5C[C@]3(CC[C@H]4C)CN5)c12. The predicted molar refractivity (Wildman–Crippen MR) is 171 cm³/mol. The maximum Gasteiger partial charge on any atom is 0.319 e. The fourth-order valence-corrected chi connectivity index (χ4v) is 9.24. The molecule has 0 unspecified atom stereocenters. The lowest BCUT2D eigenvalue weighted by Gasteiger charge is -2.42. The van der Waals surface area contributed by atoms with Crippen LogP contribution in [0.25, 0.3) is 32.9 Å². The number of hydrogen-bond acceptors (Lipinski definition) is 7. The quantitative estimate of drug-likeness (QED) is 0.285. The Kier molecular flexibility index (Phi) is 6.17. The van der Waals surface area contributed by atoms with Gasteiger partial charge in [0.25, 0.3) is 0 Å². The van der Waals surface area contributed by atoms with Crippen molar-refractivity contribution in [1.29, 1.82) is 0 Å². The van der Waals surface area contributed by atoms with Gasteiger partial charge in [-0.05, 0) is 56.0 Å². The Morgan fingerprint density at radius 3 is 2.83 bits per heavy atom. The second-order valence-corrected chi connectivity index (χ2v) is 14.1. The van der Waals surface area contributed by atoms with E-state index in [0.717, 1.165) is 51.7 Å². The number of fused-ring (bicyclic) bond motifs is 4. The standard InChI is InChI=1S/C36H35F3N6O/c1-3-24-26(38)9-8-21-6-4-7-25(27(21)24)31-29(39)32-28-30(41-31)20(2)10-12-35-15-23(40-18-35)17-45(35)33(28)43-34(42-32)46-19-36-11-5-13-44(36)16-22(37)14-36/h1,4,6-9,20,22-23,40H,5,10-19H2,2H3/t20-,22-,23-,35-,36+/m1/s1. The topological polar surface area (TPSA) is 66.4 Å². The molecular weight excluding hydrogens is 589 g/mol. The second kappa shape index (κ2) is 10.0. The number of nitrogens with zero attached hydrogens (tertiary/aromatic N) is 5. The lowest BCUT2D eigenvalue weighted by atomic mass is 9.84. The molecule has 10 heteroatoms. The van der Waals surface area contributed by atoms with E-state index in [0.29, 0.717) is 52.2 Å². The number of nitrogens with one attached hydrogen (secondary N) is 1. The van der Waals surface area contributed by atoms with Crippen LogP contribution in [0.4, 0.5) is 19.0 Å². The molecule has 236 valence electrons. The Labute approximate surface area is 265 Å². The molecule has 1 N–H and O–H groups in total.